The number of thioether (sulfide) groups is 1. The summed E-state index contributed by atoms with van der Waals surface area (Å²) in [5.74, 6) is -0.670. The highest BCUT2D eigenvalue weighted by Crippen LogP contribution is 2.36. The van der Waals surface area contributed by atoms with Crippen LogP contribution in [0.1, 0.15) is 12.6 Å². The van der Waals surface area contributed by atoms with Crippen molar-refractivity contribution in [2.75, 3.05) is 18.1 Å². The molecule has 8 N–H and O–H groups in total. The van der Waals surface area contributed by atoms with Gasteiger partial charge in [0.05, 0.1) is 6.61 Å². The number of rotatable bonds is 7. The summed E-state index contributed by atoms with van der Waals surface area (Å²) in [6, 6.07) is -1.02. The first-order chi connectivity index (χ1) is 12.8. The maximum absolute atomic E-state index is 10.9. The molecule has 148 valence electrons. The Morgan fingerprint density at radius 3 is 2.74 bits per heavy atom. The van der Waals surface area contributed by atoms with Crippen LogP contribution in [0.3, 0.4) is 0 Å². The Morgan fingerprint density at radius 2 is 2.11 bits per heavy atom. The van der Waals surface area contributed by atoms with E-state index in [9.17, 15) is 20.1 Å². The van der Waals surface area contributed by atoms with E-state index in [0.29, 0.717) is 10.9 Å². The third-order valence-corrected chi connectivity index (χ3v) is 5.21. The number of carboxylic acid groups (broad SMARTS) is 1. The number of aliphatic hydroxyl groups excluding tert-OH is 3. The third kappa shape index (κ3) is 3.69. The summed E-state index contributed by atoms with van der Waals surface area (Å²) in [6.07, 6.45) is -3.26. The standard InChI is InChI=1S/C14H20N6O6S/c15-5(13(24)25)1-2-27-14-19-7-10(16)17-4-18-11(7)20(14)12-9(23)8(22)6(3-21)26-12/h4-6,8-9,12,21-23H,1-3,15H2,(H,24,25)(H2,16,17,18)/t5?,6-,8-,9-,12?/m1/s1. The average Bonchev–Trinajstić information content (AvgIpc) is 3.14. The molecule has 0 aromatic carbocycles. The highest BCUT2D eigenvalue weighted by atomic mass is 32.2. The van der Waals surface area contributed by atoms with Gasteiger partial charge in [-0.05, 0) is 6.42 Å². The third-order valence-electron chi connectivity index (χ3n) is 4.22. The van der Waals surface area contributed by atoms with E-state index in [0.717, 1.165) is 0 Å². The van der Waals surface area contributed by atoms with Crippen LogP contribution in [0.15, 0.2) is 11.5 Å². The second-order valence-corrected chi connectivity index (χ2v) is 7.07. The number of fused-ring (bicyclic) bond motifs is 1. The van der Waals surface area contributed by atoms with Gasteiger partial charge in [-0.1, -0.05) is 11.8 Å². The molecule has 0 spiro atoms. The molecule has 2 aromatic heterocycles. The second-order valence-electron chi connectivity index (χ2n) is 6.01. The lowest BCUT2D eigenvalue weighted by Gasteiger charge is -2.19. The Bertz CT molecular complexity index is 834. The van der Waals surface area contributed by atoms with Gasteiger partial charge in [0.2, 0.25) is 0 Å². The number of anilines is 1. The molecular formula is C14H20N6O6S. The van der Waals surface area contributed by atoms with Crippen LogP contribution >= 0.6 is 11.8 Å². The Labute approximate surface area is 157 Å². The van der Waals surface area contributed by atoms with Crippen LogP contribution in [-0.4, -0.2) is 82.6 Å². The molecule has 13 heteroatoms. The molecule has 0 saturated carbocycles. The fraction of sp³-hybridized carbons (Fsp3) is 0.571. The number of aliphatic hydroxyl groups is 3. The molecule has 3 heterocycles. The van der Waals surface area contributed by atoms with Gasteiger partial charge in [-0.25, -0.2) is 15.0 Å². The minimum absolute atomic E-state index is 0.120. The average molecular weight is 400 g/mol. The summed E-state index contributed by atoms with van der Waals surface area (Å²) in [5, 5.41) is 38.9. The van der Waals surface area contributed by atoms with Gasteiger partial charge < -0.3 is 36.6 Å². The van der Waals surface area contributed by atoms with Crippen molar-refractivity contribution in [3.05, 3.63) is 6.33 Å². The van der Waals surface area contributed by atoms with Crippen LogP contribution in [0.5, 0.6) is 0 Å². The lowest BCUT2D eigenvalue weighted by Crippen LogP contribution is -2.33. The monoisotopic (exact) mass is 400 g/mol. The number of hydrogen-bond acceptors (Lipinski definition) is 11. The molecule has 0 bridgehead atoms. The second kappa shape index (κ2) is 7.92. The largest absolute Gasteiger partial charge is 0.480 e. The van der Waals surface area contributed by atoms with Crippen LogP contribution in [0, 0.1) is 0 Å². The fourth-order valence-electron chi connectivity index (χ4n) is 2.73. The quantitative estimate of drug-likeness (QED) is 0.277. The molecule has 0 radical (unpaired) electrons. The number of ether oxygens (including phenoxy) is 1. The van der Waals surface area contributed by atoms with Crippen molar-refractivity contribution < 1.29 is 30.0 Å². The Balaban J connectivity index is 1.95. The van der Waals surface area contributed by atoms with Gasteiger partial charge >= 0.3 is 5.97 Å². The summed E-state index contributed by atoms with van der Waals surface area (Å²) in [6.45, 7) is -0.478. The van der Waals surface area contributed by atoms with Gasteiger partial charge in [0.15, 0.2) is 28.4 Å². The summed E-state index contributed by atoms with van der Waals surface area (Å²) in [7, 11) is 0. The highest BCUT2D eigenvalue weighted by molar-refractivity contribution is 7.99. The zero-order chi connectivity index (χ0) is 19.7. The van der Waals surface area contributed by atoms with Gasteiger partial charge in [-0.15, -0.1) is 0 Å². The van der Waals surface area contributed by atoms with E-state index in [2.05, 4.69) is 15.0 Å². The number of aromatic nitrogens is 4. The van der Waals surface area contributed by atoms with Crippen LogP contribution in [0.4, 0.5) is 5.82 Å². The smallest absolute Gasteiger partial charge is 0.320 e. The van der Waals surface area contributed by atoms with Crippen molar-refractivity contribution in [2.45, 2.75) is 42.2 Å². The van der Waals surface area contributed by atoms with Crippen LogP contribution in [0.25, 0.3) is 11.2 Å². The predicted molar refractivity (Wildman–Crippen MR) is 93.7 cm³/mol. The lowest BCUT2D eigenvalue weighted by molar-refractivity contribution is -0.138. The zero-order valence-corrected chi connectivity index (χ0v) is 14.9. The molecular weight excluding hydrogens is 380 g/mol. The normalized spacial score (nSPS) is 26.5. The van der Waals surface area contributed by atoms with Gasteiger partial charge in [0.1, 0.15) is 30.7 Å². The highest BCUT2D eigenvalue weighted by Gasteiger charge is 2.45. The van der Waals surface area contributed by atoms with Gasteiger partial charge in [0, 0.05) is 5.75 Å². The van der Waals surface area contributed by atoms with E-state index >= 15 is 0 Å². The number of nitrogens with zero attached hydrogens (tertiary/aromatic N) is 4. The maximum atomic E-state index is 10.9. The first kappa shape index (κ1) is 19.7. The fourth-order valence-corrected chi connectivity index (χ4v) is 3.77. The Kier molecular flexibility index (Phi) is 5.78. The first-order valence-corrected chi connectivity index (χ1v) is 9.05. The number of carbonyl (C=O) groups is 1. The molecule has 2 unspecified atom stereocenters. The van der Waals surface area contributed by atoms with Gasteiger partial charge in [0.25, 0.3) is 0 Å². The van der Waals surface area contributed by atoms with Crippen molar-refractivity contribution in [3.8, 4) is 0 Å². The van der Waals surface area contributed by atoms with Gasteiger partial charge in [-0.2, -0.15) is 0 Å². The van der Waals surface area contributed by atoms with E-state index in [1.165, 1.54) is 22.7 Å². The summed E-state index contributed by atoms with van der Waals surface area (Å²) >= 11 is 1.18. The molecule has 0 amide bonds. The molecule has 2 aromatic rings. The predicted octanol–water partition coefficient (Wildman–Crippen LogP) is -2.09. The minimum atomic E-state index is -1.34. The Hall–Kier alpha value is -2.03. The number of aliphatic carboxylic acids is 1. The van der Waals surface area contributed by atoms with Crippen molar-refractivity contribution >= 4 is 34.7 Å². The van der Waals surface area contributed by atoms with Crippen LogP contribution < -0.4 is 11.5 Å². The van der Waals surface area contributed by atoms with Crippen molar-refractivity contribution in [1.29, 1.82) is 0 Å². The molecule has 1 aliphatic heterocycles. The van der Waals surface area contributed by atoms with E-state index in [1.54, 1.807) is 0 Å². The molecule has 1 aliphatic rings. The maximum Gasteiger partial charge on any atom is 0.320 e. The van der Waals surface area contributed by atoms with Gasteiger partial charge in [-0.3, -0.25) is 9.36 Å². The topological polar surface area (TPSA) is 203 Å². The summed E-state index contributed by atoms with van der Waals surface area (Å²) < 4.78 is 7.03. The summed E-state index contributed by atoms with van der Waals surface area (Å²) in [5.41, 5.74) is 11.9. The van der Waals surface area contributed by atoms with E-state index < -0.39 is 43.2 Å². The van der Waals surface area contributed by atoms with E-state index in [1.807, 2.05) is 0 Å². The minimum Gasteiger partial charge on any atom is -0.480 e. The van der Waals surface area contributed by atoms with Crippen LogP contribution in [0.2, 0.25) is 0 Å². The number of carboxylic acids is 1. The number of hydrogen-bond donors (Lipinski definition) is 6. The number of nitrogen functional groups attached to an aromatic ring is 1. The van der Waals surface area contributed by atoms with E-state index in [4.69, 9.17) is 21.3 Å². The van der Waals surface area contributed by atoms with Crippen molar-refractivity contribution in [3.63, 3.8) is 0 Å². The molecule has 3 rings (SSSR count). The van der Waals surface area contributed by atoms with Crippen molar-refractivity contribution in [2.24, 2.45) is 5.73 Å². The number of imidazole rings is 1. The SMILES string of the molecule is Nc1ncnc2c1nc(SCCC(N)C(=O)O)n2C1O[C@H](CO)[C@@H](O)[C@H]1O. The first-order valence-electron chi connectivity index (χ1n) is 8.07. The molecule has 0 aliphatic carbocycles. The van der Waals surface area contributed by atoms with Crippen molar-refractivity contribution in [1.82, 2.24) is 19.5 Å². The van der Waals surface area contributed by atoms with Crippen LogP contribution in [-0.2, 0) is 9.53 Å². The number of nitrogens with two attached hydrogens (primary N) is 2. The Morgan fingerprint density at radius 1 is 1.37 bits per heavy atom. The summed E-state index contributed by atoms with van der Waals surface area (Å²) in [4.78, 5) is 23.2. The lowest BCUT2D eigenvalue weighted by atomic mass is 10.1. The zero-order valence-electron chi connectivity index (χ0n) is 14.0. The molecule has 12 nitrogen and oxygen atoms in total. The van der Waals surface area contributed by atoms with E-state index in [-0.39, 0.29) is 23.4 Å². The molecule has 1 saturated heterocycles. The molecule has 1 fully saturated rings. The molecule has 27 heavy (non-hydrogen) atoms. The molecule has 5 atom stereocenters.